The van der Waals surface area contributed by atoms with Crippen molar-refractivity contribution in [3.8, 4) is 0 Å². The molecule has 0 spiro atoms. The molecule has 7 heteroatoms. The summed E-state index contributed by atoms with van der Waals surface area (Å²) in [4.78, 5) is -0.252. The Morgan fingerprint density at radius 2 is 2.05 bits per heavy atom. The van der Waals surface area contributed by atoms with Gasteiger partial charge in [-0.1, -0.05) is 19.4 Å². The van der Waals surface area contributed by atoms with Crippen molar-refractivity contribution in [3.63, 3.8) is 0 Å². The lowest BCUT2D eigenvalue weighted by Gasteiger charge is -2.12. The monoisotopic (exact) mass is 293 g/mol. The molecule has 1 aliphatic rings. The second-order valence-electron chi connectivity index (χ2n) is 4.65. The van der Waals surface area contributed by atoms with Crippen LogP contribution in [0.15, 0.2) is 23.1 Å². The summed E-state index contributed by atoms with van der Waals surface area (Å²) in [5, 5.41) is 0. The first-order valence-corrected chi connectivity index (χ1v) is 7.42. The van der Waals surface area contributed by atoms with E-state index in [1.54, 1.807) is 0 Å². The number of halogens is 3. The summed E-state index contributed by atoms with van der Waals surface area (Å²) in [6.45, 7) is 2.18. The fourth-order valence-corrected chi connectivity index (χ4v) is 3.52. The minimum Gasteiger partial charge on any atom is -0.211 e. The van der Waals surface area contributed by atoms with Crippen LogP contribution in [0.4, 0.5) is 13.2 Å². The first-order chi connectivity index (χ1) is 8.74. The zero-order valence-electron chi connectivity index (χ0n) is 10.3. The average Bonchev–Trinajstić information content (AvgIpc) is 2.45. The first-order valence-electron chi connectivity index (χ1n) is 5.94. The van der Waals surface area contributed by atoms with Crippen molar-refractivity contribution in [1.29, 1.82) is 0 Å². The Balaban J connectivity index is 2.55. The molecule has 0 saturated heterocycles. The van der Waals surface area contributed by atoms with Crippen LogP contribution in [0.3, 0.4) is 0 Å². The zero-order chi connectivity index (χ0) is 14.3. The molecule has 106 valence electrons. The molecule has 2 rings (SSSR count). The molecule has 1 heterocycles. The van der Waals surface area contributed by atoms with Gasteiger partial charge in [-0.05, 0) is 30.0 Å². The molecular formula is C12H14F3NO2S. The van der Waals surface area contributed by atoms with Gasteiger partial charge in [0.25, 0.3) is 0 Å². The van der Waals surface area contributed by atoms with Gasteiger partial charge in [0.05, 0.1) is 10.5 Å². The van der Waals surface area contributed by atoms with Gasteiger partial charge in [-0.25, -0.2) is 13.1 Å². The smallest absolute Gasteiger partial charge is 0.211 e. The van der Waals surface area contributed by atoms with E-state index in [1.165, 1.54) is 6.07 Å². The van der Waals surface area contributed by atoms with E-state index >= 15 is 0 Å². The lowest BCUT2D eigenvalue weighted by molar-refractivity contribution is -0.137. The Bertz CT molecular complexity index is 581. The summed E-state index contributed by atoms with van der Waals surface area (Å²) in [5.41, 5.74) is -0.489. The van der Waals surface area contributed by atoms with Crippen LogP contribution < -0.4 is 4.72 Å². The highest BCUT2D eigenvalue weighted by Gasteiger charge is 2.34. The fourth-order valence-electron chi connectivity index (χ4n) is 2.13. The van der Waals surface area contributed by atoms with E-state index in [1.807, 2.05) is 6.92 Å². The molecule has 1 aromatic carbocycles. The number of hydrogen-bond acceptors (Lipinski definition) is 2. The maximum atomic E-state index is 12.6. The quantitative estimate of drug-likeness (QED) is 0.865. The van der Waals surface area contributed by atoms with Crippen molar-refractivity contribution in [2.45, 2.75) is 30.8 Å². The molecule has 0 unspecified atom stereocenters. The van der Waals surface area contributed by atoms with Gasteiger partial charge in [-0.15, -0.1) is 0 Å². The average molecular weight is 293 g/mol. The molecule has 1 N–H and O–H groups in total. The molecule has 0 bridgehead atoms. The minimum absolute atomic E-state index is 0.104. The van der Waals surface area contributed by atoms with Gasteiger partial charge in [0.15, 0.2) is 0 Å². The standard InChI is InChI=1S/C12H14F3NO2S/c1-2-8-5-9-3-4-10(12(13,14)15)6-11(9)19(17,18)16-7-8/h3-4,6,8,16H,2,5,7H2,1H3/t8-/m0/s1. The normalized spacial score (nSPS) is 22.6. The van der Waals surface area contributed by atoms with Gasteiger partial charge in [0, 0.05) is 6.54 Å². The van der Waals surface area contributed by atoms with Crippen LogP contribution in [-0.2, 0) is 22.6 Å². The molecule has 19 heavy (non-hydrogen) atoms. The Kier molecular flexibility index (Phi) is 3.61. The second-order valence-corrected chi connectivity index (χ2v) is 6.39. The molecule has 0 saturated carbocycles. The topological polar surface area (TPSA) is 46.2 Å². The van der Waals surface area contributed by atoms with E-state index < -0.39 is 21.8 Å². The van der Waals surface area contributed by atoms with Gasteiger partial charge in [-0.2, -0.15) is 13.2 Å². The molecule has 1 aliphatic heterocycles. The Morgan fingerprint density at radius 3 is 2.63 bits per heavy atom. The third-order valence-corrected chi connectivity index (χ3v) is 4.84. The van der Waals surface area contributed by atoms with Crippen LogP contribution >= 0.6 is 0 Å². The highest BCUT2D eigenvalue weighted by molar-refractivity contribution is 7.89. The van der Waals surface area contributed by atoms with Crippen molar-refractivity contribution in [3.05, 3.63) is 29.3 Å². The molecule has 1 atom stereocenters. The third-order valence-electron chi connectivity index (χ3n) is 3.33. The Hall–Kier alpha value is -1.08. The molecule has 0 radical (unpaired) electrons. The SMILES string of the molecule is CC[C@@H]1CNS(=O)(=O)c2cc(C(F)(F)F)ccc2C1. The maximum absolute atomic E-state index is 12.6. The number of benzene rings is 1. The van der Waals surface area contributed by atoms with E-state index in [-0.39, 0.29) is 17.4 Å². The van der Waals surface area contributed by atoms with Crippen LogP contribution in [0.2, 0.25) is 0 Å². The summed E-state index contributed by atoms with van der Waals surface area (Å²) in [6.07, 6.45) is -3.31. The molecule has 0 aromatic heterocycles. The minimum atomic E-state index is -4.54. The molecule has 1 aromatic rings. The molecule has 0 aliphatic carbocycles. The van der Waals surface area contributed by atoms with Crippen LogP contribution in [-0.4, -0.2) is 15.0 Å². The van der Waals surface area contributed by atoms with Gasteiger partial charge >= 0.3 is 6.18 Å². The van der Waals surface area contributed by atoms with Crippen molar-refractivity contribution in [2.24, 2.45) is 5.92 Å². The van der Waals surface area contributed by atoms with Gasteiger partial charge in [0.2, 0.25) is 10.0 Å². The highest BCUT2D eigenvalue weighted by Crippen LogP contribution is 2.33. The second kappa shape index (κ2) is 4.79. The van der Waals surface area contributed by atoms with Gasteiger partial charge in [0.1, 0.15) is 0 Å². The molecular weight excluding hydrogens is 279 g/mol. The van der Waals surface area contributed by atoms with Crippen LogP contribution in [0.25, 0.3) is 0 Å². The number of nitrogens with one attached hydrogen (secondary N) is 1. The largest absolute Gasteiger partial charge is 0.416 e. The fraction of sp³-hybridized carbons (Fsp3) is 0.500. The van der Waals surface area contributed by atoms with Crippen LogP contribution in [0.1, 0.15) is 24.5 Å². The number of rotatable bonds is 1. The maximum Gasteiger partial charge on any atom is 0.416 e. The lowest BCUT2D eigenvalue weighted by atomic mass is 9.96. The van der Waals surface area contributed by atoms with E-state index in [9.17, 15) is 21.6 Å². The van der Waals surface area contributed by atoms with Crippen molar-refractivity contribution in [2.75, 3.05) is 6.54 Å². The predicted molar refractivity (Wildman–Crippen MR) is 64.1 cm³/mol. The Morgan fingerprint density at radius 1 is 1.37 bits per heavy atom. The van der Waals surface area contributed by atoms with E-state index in [0.717, 1.165) is 18.6 Å². The highest BCUT2D eigenvalue weighted by atomic mass is 32.2. The predicted octanol–water partition coefficient (Wildman–Crippen LogP) is 2.57. The van der Waals surface area contributed by atoms with E-state index in [4.69, 9.17) is 0 Å². The number of fused-ring (bicyclic) bond motifs is 1. The van der Waals surface area contributed by atoms with Gasteiger partial charge < -0.3 is 0 Å². The number of hydrogen-bond donors (Lipinski definition) is 1. The zero-order valence-corrected chi connectivity index (χ0v) is 11.1. The Labute approximate surface area is 109 Å². The van der Waals surface area contributed by atoms with Crippen LogP contribution in [0.5, 0.6) is 0 Å². The molecule has 3 nitrogen and oxygen atoms in total. The van der Waals surface area contributed by atoms with Crippen molar-refractivity contribution in [1.82, 2.24) is 4.72 Å². The van der Waals surface area contributed by atoms with Crippen molar-refractivity contribution >= 4 is 10.0 Å². The molecule has 0 amide bonds. The van der Waals surface area contributed by atoms with Crippen molar-refractivity contribution < 1.29 is 21.6 Å². The van der Waals surface area contributed by atoms with Crippen LogP contribution in [0, 0.1) is 5.92 Å². The van der Waals surface area contributed by atoms with E-state index in [2.05, 4.69) is 4.72 Å². The summed E-state index contributed by atoms with van der Waals surface area (Å²) in [6, 6.07) is 2.92. The first kappa shape index (κ1) is 14.3. The lowest BCUT2D eigenvalue weighted by Crippen LogP contribution is -2.27. The number of sulfonamides is 1. The summed E-state index contributed by atoms with van der Waals surface area (Å²) >= 11 is 0. The summed E-state index contributed by atoms with van der Waals surface area (Å²) in [5.74, 6) is 0.104. The van der Waals surface area contributed by atoms with Gasteiger partial charge in [-0.3, -0.25) is 0 Å². The third kappa shape index (κ3) is 2.92. The summed E-state index contributed by atoms with van der Waals surface area (Å²) < 4.78 is 64.2. The van der Waals surface area contributed by atoms with E-state index in [0.29, 0.717) is 12.0 Å². The molecule has 0 fully saturated rings. The summed E-state index contributed by atoms with van der Waals surface area (Å²) in [7, 11) is -3.85. The number of alkyl halides is 3.